The minimum atomic E-state index is -0.679. The quantitative estimate of drug-likeness (QED) is 0.799. The molecule has 0 aromatic heterocycles. The van der Waals surface area contributed by atoms with E-state index >= 15 is 0 Å². The monoisotopic (exact) mass is 271 g/mol. The Morgan fingerprint density at radius 2 is 2.00 bits per heavy atom. The van der Waals surface area contributed by atoms with Gasteiger partial charge < -0.3 is 10.4 Å². The first-order chi connectivity index (χ1) is 8.44. The van der Waals surface area contributed by atoms with Crippen molar-refractivity contribution >= 4 is 11.8 Å². The molecule has 1 aromatic rings. The molecule has 2 atom stereocenters. The Balaban J connectivity index is 2.37. The lowest BCUT2D eigenvalue weighted by Crippen LogP contribution is -2.41. The van der Waals surface area contributed by atoms with E-state index in [9.17, 15) is 9.50 Å². The lowest BCUT2D eigenvalue weighted by Gasteiger charge is -2.24. The molecule has 4 heteroatoms. The zero-order chi connectivity index (χ0) is 13.6. The maximum Gasteiger partial charge on any atom is 0.123 e. The topological polar surface area (TPSA) is 32.3 Å². The predicted molar refractivity (Wildman–Crippen MR) is 76.7 cm³/mol. The molecule has 2 unspecified atom stereocenters. The van der Waals surface area contributed by atoms with E-state index in [4.69, 9.17) is 0 Å². The van der Waals surface area contributed by atoms with E-state index in [1.165, 1.54) is 12.1 Å². The molecular formula is C14H22FNOS. The summed E-state index contributed by atoms with van der Waals surface area (Å²) in [5, 5.41) is 13.3. The number of hydrogen-bond acceptors (Lipinski definition) is 3. The van der Waals surface area contributed by atoms with Crippen LogP contribution in [0.3, 0.4) is 0 Å². The minimum absolute atomic E-state index is 0.207. The SMILES string of the molecule is CSCC(C)(O)CNCC(C)c1ccc(F)cc1. The van der Waals surface area contributed by atoms with Gasteiger partial charge in [-0.1, -0.05) is 19.1 Å². The highest BCUT2D eigenvalue weighted by molar-refractivity contribution is 7.98. The van der Waals surface area contributed by atoms with Crippen molar-refractivity contribution in [3.05, 3.63) is 35.6 Å². The molecule has 0 aliphatic heterocycles. The van der Waals surface area contributed by atoms with Crippen LogP contribution in [0.25, 0.3) is 0 Å². The van der Waals surface area contributed by atoms with Gasteiger partial charge in [-0.2, -0.15) is 11.8 Å². The summed E-state index contributed by atoms with van der Waals surface area (Å²) in [5.41, 5.74) is 0.426. The summed E-state index contributed by atoms with van der Waals surface area (Å²) < 4.78 is 12.8. The van der Waals surface area contributed by atoms with Gasteiger partial charge in [-0.3, -0.25) is 0 Å². The van der Waals surface area contributed by atoms with Crippen LogP contribution in [-0.4, -0.2) is 35.8 Å². The Morgan fingerprint density at radius 3 is 2.56 bits per heavy atom. The lowest BCUT2D eigenvalue weighted by atomic mass is 10.0. The third-order valence-electron chi connectivity index (χ3n) is 2.85. The van der Waals surface area contributed by atoms with E-state index in [-0.39, 0.29) is 5.82 Å². The first-order valence-corrected chi connectivity index (χ1v) is 7.51. The van der Waals surface area contributed by atoms with Crippen molar-refractivity contribution < 1.29 is 9.50 Å². The molecule has 2 nitrogen and oxygen atoms in total. The van der Waals surface area contributed by atoms with Gasteiger partial charge in [0.25, 0.3) is 0 Å². The molecule has 0 heterocycles. The van der Waals surface area contributed by atoms with Crippen molar-refractivity contribution in [1.29, 1.82) is 0 Å². The average molecular weight is 271 g/mol. The maximum atomic E-state index is 12.8. The van der Waals surface area contributed by atoms with Gasteiger partial charge in [0.05, 0.1) is 5.60 Å². The van der Waals surface area contributed by atoms with Crippen LogP contribution in [0.4, 0.5) is 4.39 Å². The summed E-state index contributed by atoms with van der Waals surface area (Å²) in [6.07, 6.45) is 1.98. The Labute approximate surface area is 113 Å². The molecule has 18 heavy (non-hydrogen) atoms. The van der Waals surface area contributed by atoms with Crippen LogP contribution in [0, 0.1) is 5.82 Å². The molecule has 0 aliphatic rings. The van der Waals surface area contributed by atoms with Gasteiger partial charge in [-0.25, -0.2) is 4.39 Å². The molecule has 0 aliphatic carbocycles. The summed E-state index contributed by atoms with van der Waals surface area (Å²) in [6.45, 7) is 5.26. The average Bonchev–Trinajstić information content (AvgIpc) is 2.29. The van der Waals surface area contributed by atoms with Crippen LogP contribution in [0.5, 0.6) is 0 Å². The van der Waals surface area contributed by atoms with Gasteiger partial charge in [0.1, 0.15) is 5.82 Å². The number of rotatable bonds is 7. The summed E-state index contributed by atoms with van der Waals surface area (Å²) in [7, 11) is 0. The first kappa shape index (κ1) is 15.5. The zero-order valence-electron chi connectivity index (χ0n) is 11.2. The Bertz CT molecular complexity index is 353. The van der Waals surface area contributed by atoms with Crippen LogP contribution in [-0.2, 0) is 0 Å². The molecule has 1 aromatic carbocycles. The molecule has 0 amide bonds. The second-order valence-corrected chi connectivity index (χ2v) is 5.88. The lowest BCUT2D eigenvalue weighted by molar-refractivity contribution is 0.0847. The van der Waals surface area contributed by atoms with E-state index in [1.807, 2.05) is 25.3 Å². The van der Waals surface area contributed by atoms with E-state index in [0.29, 0.717) is 18.2 Å². The van der Waals surface area contributed by atoms with Gasteiger partial charge in [0.2, 0.25) is 0 Å². The van der Waals surface area contributed by atoms with Crippen molar-refractivity contribution in [1.82, 2.24) is 5.32 Å². The zero-order valence-corrected chi connectivity index (χ0v) is 12.1. The first-order valence-electron chi connectivity index (χ1n) is 6.12. The molecule has 0 fully saturated rings. The molecular weight excluding hydrogens is 249 g/mol. The van der Waals surface area contributed by atoms with Gasteiger partial charge in [-0.05, 0) is 36.8 Å². The number of halogens is 1. The highest BCUT2D eigenvalue weighted by atomic mass is 32.2. The second kappa shape index (κ2) is 7.12. The van der Waals surface area contributed by atoms with Crippen LogP contribution in [0.1, 0.15) is 25.3 Å². The van der Waals surface area contributed by atoms with Crippen molar-refractivity contribution in [3.63, 3.8) is 0 Å². The third kappa shape index (κ3) is 5.38. The molecule has 0 spiro atoms. The standard InChI is InChI=1S/C14H22FNOS/c1-11(12-4-6-13(15)7-5-12)8-16-9-14(2,17)10-18-3/h4-7,11,16-17H,8-10H2,1-3H3. The molecule has 0 saturated carbocycles. The fraction of sp³-hybridized carbons (Fsp3) is 0.571. The predicted octanol–water partition coefficient (Wildman–Crippen LogP) is 2.63. The fourth-order valence-corrected chi connectivity index (χ4v) is 2.55. The number of thioether (sulfide) groups is 1. The van der Waals surface area contributed by atoms with Crippen LogP contribution in [0.2, 0.25) is 0 Å². The minimum Gasteiger partial charge on any atom is -0.388 e. The third-order valence-corrected chi connectivity index (χ3v) is 3.76. The smallest absolute Gasteiger partial charge is 0.123 e. The molecule has 0 radical (unpaired) electrons. The van der Waals surface area contributed by atoms with Gasteiger partial charge in [0, 0.05) is 18.8 Å². The summed E-state index contributed by atoms with van der Waals surface area (Å²) in [4.78, 5) is 0. The highest BCUT2D eigenvalue weighted by Gasteiger charge is 2.19. The van der Waals surface area contributed by atoms with Crippen molar-refractivity contribution in [3.8, 4) is 0 Å². The second-order valence-electron chi connectivity index (χ2n) is 5.01. The van der Waals surface area contributed by atoms with Crippen molar-refractivity contribution in [2.45, 2.75) is 25.4 Å². The molecule has 1 rings (SSSR count). The van der Waals surface area contributed by atoms with E-state index < -0.39 is 5.60 Å². The Hall–Kier alpha value is -0.580. The van der Waals surface area contributed by atoms with Gasteiger partial charge in [-0.15, -0.1) is 0 Å². The van der Waals surface area contributed by atoms with Crippen molar-refractivity contribution in [2.75, 3.05) is 25.1 Å². The number of nitrogens with one attached hydrogen (secondary N) is 1. The number of benzene rings is 1. The van der Waals surface area contributed by atoms with E-state index in [2.05, 4.69) is 12.2 Å². The molecule has 102 valence electrons. The van der Waals surface area contributed by atoms with Crippen molar-refractivity contribution in [2.24, 2.45) is 0 Å². The number of hydrogen-bond donors (Lipinski definition) is 2. The highest BCUT2D eigenvalue weighted by Crippen LogP contribution is 2.15. The Kier molecular flexibility index (Phi) is 6.12. The summed E-state index contributed by atoms with van der Waals surface area (Å²) >= 11 is 1.63. The fourth-order valence-electron chi connectivity index (χ4n) is 1.83. The van der Waals surface area contributed by atoms with E-state index in [1.54, 1.807) is 11.8 Å². The molecule has 0 bridgehead atoms. The van der Waals surface area contributed by atoms with Gasteiger partial charge in [0.15, 0.2) is 0 Å². The molecule has 2 N–H and O–H groups in total. The summed E-state index contributed by atoms with van der Waals surface area (Å²) in [5.74, 6) is 0.808. The largest absolute Gasteiger partial charge is 0.388 e. The van der Waals surface area contributed by atoms with Crippen LogP contribution in [0.15, 0.2) is 24.3 Å². The normalized spacial score (nSPS) is 16.3. The maximum absolute atomic E-state index is 12.8. The molecule has 0 saturated heterocycles. The number of aliphatic hydroxyl groups is 1. The van der Waals surface area contributed by atoms with Crippen LogP contribution >= 0.6 is 11.8 Å². The Morgan fingerprint density at radius 1 is 1.39 bits per heavy atom. The summed E-state index contributed by atoms with van der Waals surface area (Å²) in [6, 6.07) is 6.58. The van der Waals surface area contributed by atoms with E-state index in [0.717, 1.165) is 12.1 Å². The van der Waals surface area contributed by atoms with Crippen LogP contribution < -0.4 is 5.32 Å². The van der Waals surface area contributed by atoms with Gasteiger partial charge >= 0.3 is 0 Å².